The zero-order chi connectivity index (χ0) is 21.8. The second kappa shape index (κ2) is 9.33. The minimum absolute atomic E-state index is 0.0395. The summed E-state index contributed by atoms with van der Waals surface area (Å²) >= 11 is 0. The van der Waals surface area contributed by atoms with Crippen molar-refractivity contribution in [3.8, 4) is 0 Å². The van der Waals surface area contributed by atoms with Gasteiger partial charge in [-0.3, -0.25) is 14.4 Å². The maximum Gasteiger partial charge on any atom is 0.309 e. The molecular weight excluding hydrogens is 392 g/mol. The average molecular weight is 421 g/mol. The lowest BCUT2D eigenvalue weighted by molar-refractivity contribution is -0.153. The molecule has 0 saturated carbocycles. The molecule has 1 saturated heterocycles. The van der Waals surface area contributed by atoms with Gasteiger partial charge in [0.1, 0.15) is 6.04 Å². The number of hydrogen-bond donors (Lipinski definition) is 0. The Balaban J connectivity index is 1.57. The van der Waals surface area contributed by atoms with E-state index < -0.39 is 6.04 Å². The summed E-state index contributed by atoms with van der Waals surface area (Å²) in [6.45, 7) is 3.55. The highest BCUT2D eigenvalue weighted by Crippen LogP contribution is 2.34. The predicted molar refractivity (Wildman–Crippen MR) is 116 cm³/mol. The molecule has 0 bridgehead atoms. The first kappa shape index (κ1) is 21.1. The SMILES string of the molecule is CCOC(=O)C1CCN(C(=O)C2c3ccccc3CC(=O)N2Cc2ccccc2)CC1. The number of likely N-dealkylation sites (tertiary alicyclic amines) is 1. The van der Waals surface area contributed by atoms with E-state index in [-0.39, 0.29) is 23.7 Å². The average Bonchev–Trinajstić information content (AvgIpc) is 2.80. The van der Waals surface area contributed by atoms with Crippen LogP contribution >= 0.6 is 0 Å². The Hall–Kier alpha value is -3.15. The van der Waals surface area contributed by atoms with Crippen LogP contribution in [0.3, 0.4) is 0 Å². The molecule has 162 valence electrons. The first-order valence-corrected chi connectivity index (χ1v) is 10.9. The minimum Gasteiger partial charge on any atom is -0.466 e. The van der Waals surface area contributed by atoms with E-state index in [1.807, 2.05) is 54.6 Å². The summed E-state index contributed by atoms with van der Waals surface area (Å²) in [7, 11) is 0. The van der Waals surface area contributed by atoms with Gasteiger partial charge in [-0.25, -0.2) is 0 Å². The summed E-state index contributed by atoms with van der Waals surface area (Å²) in [6, 6.07) is 16.8. The van der Waals surface area contributed by atoms with Crippen LogP contribution in [0.5, 0.6) is 0 Å². The third-order valence-corrected chi connectivity index (χ3v) is 6.18. The standard InChI is InChI=1S/C25H28N2O4/c1-2-31-25(30)19-12-14-26(15-13-19)24(29)23-21-11-7-6-10-20(21)16-22(28)27(23)17-18-8-4-3-5-9-18/h3-11,19,23H,2,12-17H2,1H3. The maximum absolute atomic E-state index is 13.7. The van der Waals surface area contributed by atoms with Crippen molar-refractivity contribution in [3.63, 3.8) is 0 Å². The molecule has 0 radical (unpaired) electrons. The fourth-order valence-electron chi connectivity index (χ4n) is 4.53. The maximum atomic E-state index is 13.7. The van der Waals surface area contributed by atoms with E-state index in [2.05, 4.69) is 0 Å². The van der Waals surface area contributed by atoms with Crippen LogP contribution in [0, 0.1) is 5.92 Å². The zero-order valence-corrected chi connectivity index (χ0v) is 17.8. The van der Waals surface area contributed by atoms with Crippen molar-refractivity contribution < 1.29 is 19.1 Å². The Bertz CT molecular complexity index is 951. The van der Waals surface area contributed by atoms with E-state index in [1.165, 1.54) is 0 Å². The summed E-state index contributed by atoms with van der Waals surface area (Å²) in [5.41, 5.74) is 2.81. The van der Waals surface area contributed by atoms with E-state index in [4.69, 9.17) is 4.74 Å². The van der Waals surface area contributed by atoms with Crippen LogP contribution in [0.25, 0.3) is 0 Å². The van der Waals surface area contributed by atoms with Gasteiger partial charge in [-0.15, -0.1) is 0 Å². The number of nitrogens with zero attached hydrogens (tertiary/aromatic N) is 2. The van der Waals surface area contributed by atoms with E-state index in [1.54, 1.807) is 16.7 Å². The van der Waals surface area contributed by atoms with Crippen LogP contribution in [0.2, 0.25) is 0 Å². The first-order chi connectivity index (χ1) is 15.1. The summed E-state index contributed by atoms with van der Waals surface area (Å²) in [6.07, 6.45) is 1.48. The molecule has 0 N–H and O–H groups in total. The van der Waals surface area contributed by atoms with E-state index >= 15 is 0 Å². The molecule has 6 heteroatoms. The van der Waals surface area contributed by atoms with Gasteiger partial charge in [0.15, 0.2) is 0 Å². The number of esters is 1. The molecule has 2 amide bonds. The van der Waals surface area contributed by atoms with Gasteiger partial charge in [0.2, 0.25) is 11.8 Å². The van der Waals surface area contributed by atoms with E-state index in [0.29, 0.717) is 45.5 Å². The first-order valence-electron chi connectivity index (χ1n) is 10.9. The molecule has 0 aliphatic carbocycles. The highest BCUT2D eigenvalue weighted by molar-refractivity contribution is 5.92. The number of ether oxygens (including phenoxy) is 1. The Morgan fingerprint density at radius 1 is 1.00 bits per heavy atom. The number of fused-ring (bicyclic) bond motifs is 1. The molecule has 1 unspecified atom stereocenters. The van der Waals surface area contributed by atoms with E-state index in [0.717, 1.165) is 16.7 Å². The lowest BCUT2D eigenvalue weighted by Gasteiger charge is -2.40. The molecule has 31 heavy (non-hydrogen) atoms. The largest absolute Gasteiger partial charge is 0.466 e. The molecule has 2 heterocycles. The van der Waals surface area contributed by atoms with Gasteiger partial charge in [-0.2, -0.15) is 0 Å². The molecule has 2 aliphatic rings. The van der Waals surface area contributed by atoms with Crippen molar-refractivity contribution in [3.05, 3.63) is 71.3 Å². The molecule has 4 rings (SSSR count). The van der Waals surface area contributed by atoms with Gasteiger partial charge >= 0.3 is 5.97 Å². The van der Waals surface area contributed by atoms with Crippen molar-refractivity contribution in [2.24, 2.45) is 5.92 Å². The van der Waals surface area contributed by atoms with Crippen LogP contribution in [-0.4, -0.2) is 47.3 Å². The third kappa shape index (κ3) is 4.48. The summed E-state index contributed by atoms with van der Waals surface area (Å²) in [4.78, 5) is 42.3. The number of carbonyl (C=O) groups is 3. The van der Waals surface area contributed by atoms with Crippen LogP contribution < -0.4 is 0 Å². The van der Waals surface area contributed by atoms with Gasteiger partial charge < -0.3 is 14.5 Å². The third-order valence-electron chi connectivity index (χ3n) is 6.18. The lowest BCUT2D eigenvalue weighted by Crippen LogP contribution is -2.50. The monoisotopic (exact) mass is 420 g/mol. The molecule has 2 aromatic rings. The normalized spacial score (nSPS) is 19.1. The lowest BCUT2D eigenvalue weighted by atomic mass is 9.89. The Kier molecular flexibility index (Phi) is 6.35. The van der Waals surface area contributed by atoms with Crippen LogP contribution in [-0.2, 0) is 32.1 Å². The van der Waals surface area contributed by atoms with Gasteiger partial charge in [0.05, 0.1) is 18.9 Å². The van der Waals surface area contributed by atoms with Crippen LogP contribution in [0.15, 0.2) is 54.6 Å². The number of piperidine rings is 1. The molecule has 1 atom stereocenters. The second-order valence-electron chi connectivity index (χ2n) is 8.14. The minimum atomic E-state index is -0.642. The smallest absolute Gasteiger partial charge is 0.309 e. The Morgan fingerprint density at radius 2 is 1.68 bits per heavy atom. The summed E-state index contributed by atoms with van der Waals surface area (Å²) in [5, 5.41) is 0. The summed E-state index contributed by atoms with van der Waals surface area (Å²) in [5.74, 6) is -0.454. The van der Waals surface area contributed by atoms with E-state index in [9.17, 15) is 14.4 Å². The molecule has 6 nitrogen and oxygen atoms in total. The van der Waals surface area contributed by atoms with Gasteiger partial charge in [-0.1, -0.05) is 54.6 Å². The van der Waals surface area contributed by atoms with Crippen molar-refractivity contribution >= 4 is 17.8 Å². The Morgan fingerprint density at radius 3 is 2.39 bits per heavy atom. The van der Waals surface area contributed by atoms with Crippen molar-refractivity contribution in [2.75, 3.05) is 19.7 Å². The van der Waals surface area contributed by atoms with Gasteiger partial charge in [-0.05, 0) is 36.5 Å². The number of benzene rings is 2. The summed E-state index contributed by atoms with van der Waals surface area (Å²) < 4.78 is 5.14. The molecule has 2 aliphatic heterocycles. The Labute approximate surface area is 182 Å². The second-order valence-corrected chi connectivity index (χ2v) is 8.14. The number of amides is 2. The molecule has 0 spiro atoms. The van der Waals surface area contributed by atoms with Gasteiger partial charge in [0, 0.05) is 19.6 Å². The predicted octanol–water partition coefficient (Wildman–Crippen LogP) is 3.11. The number of rotatable bonds is 5. The molecule has 1 fully saturated rings. The van der Waals surface area contributed by atoms with Crippen molar-refractivity contribution in [1.29, 1.82) is 0 Å². The molecule has 0 aromatic heterocycles. The highest BCUT2D eigenvalue weighted by atomic mass is 16.5. The zero-order valence-electron chi connectivity index (χ0n) is 17.8. The van der Waals surface area contributed by atoms with Gasteiger partial charge in [0.25, 0.3) is 0 Å². The topological polar surface area (TPSA) is 66.9 Å². The van der Waals surface area contributed by atoms with Crippen LogP contribution in [0.1, 0.15) is 42.5 Å². The highest BCUT2D eigenvalue weighted by Gasteiger charge is 2.40. The number of carbonyl (C=O) groups excluding carboxylic acids is 3. The fourth-order valence-corrected chi connectivity index (χ4v) is 4.53. The molecule has 2 aromatic carbocycles. The van der Waals surface area contributed by atoms with Crippen molar-refractivity contribution in [1.82, 2.24) is 9.80 Å². The van der Waals surface area contributed by atoms with Crippen LogP contribution in [0.4, 0.5) is 0 Å². The molecular formula is C25H28N2O4. The number of hydrogen-bond acceptors (Lipinski definition) is 4. The van der Waals surface area contributed by atoms with Crippen molar-refractivity contribution in [2.45, 2.75) is 38.8 Å². The fraction of sp³-hybridized carbons (Fsp3) is 0.400. The quantitative estimate of drug-likeness (QED) is 0.697.